The van der Waals surface area contributed by atoms with Crippen LogP contribution in [-0.4, -0.2) is 31.7 Å². The van der Waals surface area contributed by atoms with Gasteiger partial charge in [0.25, 0.3) is 0 Å². The topological polar surface area (TPSA) is 66.5 Å². The molecule has 34 heavy (non-hydrogen) atoms. The summed E-state index contributed by atoms with van der Waals surface area (Å²) >= 11 is 6.00. The molecule has 7 heteroatoms. The molecule has 3 aromatic rings. The van der Waals surface area contributed by atoms with Crippen LogP contribution in [-0.2, 0) is 20.6 Å². The number of hydrogen-bond donors (Lipinski definition) is 1. The molecule has 1 aliphatic heterocycles. The summed E-state index contributed by atoms with van der Waals surface area (Å²) in [5.41, 5.74) is 3.85. The minimum atomic E-state index is -3.47. The average molecular weight is 497 g/mol. The molecule has 5 nitrogen and oxygen atoms in total. The zero-order chi connectivity index (χ0) is 24.1. The second-order valence-corrected chi connectivity index (χ2v) is 11.2. The Hall–Kier alpha value is -2.67. The Balaban J connectivity index is 1.42. The predicted molar refractivity (Wildman–Crippen MR) is 136 cm³/mol. The monoisotopic (exact) mass is 496 g/mol. The lowest BCUT2D eigenvalue weighted by Crippen LogP contribution is -2.44. The summed E-state index contributed by atoms with van der Waals surface area (Å²) in [7, 11) is -3.47. The van der Waals surface area contributed by atoms with E-state index in [0.29, 0.717) is 36.5 Å². The SMILES string of the molecule is Cc1ccccc1[C@H](NC(=O)C1CCN(S(=O)(=O)Cc2cccc(Cl)c2)CC1)c1ccccc1. The quantitative estimate of drug-likeness (QED) is 0.495. The largest absolute Gasteiger partial charge is 0.345 e. The summed E-state index contributed by atoms with van der Waals surface area (Å²) in [6, 6.07) is 24.6. The third kappa shape index (κ3) is 5.87. The lowest BCUT2D eigenvalue weighted by atomic mass is 9.92. The first kappa shape index (κ1) is 24.5. The fourth-order valence-corrected chi connectivity index (χ4v) is 6.25. The molecule has 0 radical (unpaired) electrons. The van der Waals surface area contributed by atoms with Crippen molar-refractivity contribution in [1.82, 2.24) is 9.62 Å². The van der Waals surface area contributed by atoms with Crippen LogP contribution in [0.2, 0.25) is 5.02 Å². The first-order valence-electron chi connectivity index (χ1n) is 11.5. The molecule has 178 valence electrons. The van der Waals surface area contributed by atoms with E-state index in [1.165, 1.54) is 4.31 Å². The second-order valence-electron chi connectivity index (χ2n) is 8.77. The van der Waals surface area contributed by atoms with Crippen molar-refractivity contribution in [3.63, 3.8) is 0 Å². The van der Waals surface area contributed by atoms with Crippen LogP contribution < -0.4 is 5.32 Å². The first-order valence-corrected chi connectivity index (χ1v) is 13.5. The van der Waals surface area contributed by atoms with Crippen LogP contribution in [0.1, 0.15) is 41.1 Å². The van der Waals surface area contributed by atoms with Gasteiger partial charge in [-0.15, -0.1) is 0 Å². The first-order chi connectivity index (χ1) is 16.3. The number of nitrogens with one attached hydrogen (secondary N) is 1. The third-order valence-electron chi connectivity index (χ3n) is 6.38. The molecule has 0 spiro atoms. The van der Waals surface area contributed by atoms with Gasteiger partial charge in [-0.25, -0.2) is 12.7 Å². The van der Waals surface area contributed by atoms with Crippen molar-refractivity contribution in [1.29, 1.82) is 0 Å². The van der Waals surface area contributed by atoms with Gasteiger partial charge in [-0.3, -0.25) is 4.79 Å². The number of nitrogens with zero attached hydrogens (tertiary/aromatic N) is 1. The van der Waals surface area contributed by atoms with Gasteiger partial charge >= 0.3 is 0 Å². The zero-order valence-corrected chi connectivity index (χ0v) is 20.7. The molecular weight excluding hydrogens is 468 g/mol. The Labute approximate surface area is 206 Å². The molecule has 4 rings (SSSR count). The van der Waals surface area contributed by atoms with Gasteiger partial charge in [-0.2, -0.15) is 0 Å². The van der Waals surface area contributed by atoms with E-state index in [-0.39, 0.29) is 23.6 Å². The van der Waals surface area contributed by atoms with Gasteiger partial charge in [0.15, 0.2) is 0 Å². The molecule has 1 fully saturated rings. The summed E-state index contributed by atoms with van der Waals surface area (Å²) < 4.78 is 27.3. The summed E-state index contributed by atoms with van der Waals surface area (Å²) in [5.74, 6) is -0.356. The van der Waals surface area contributed by atoms with Gasteiger partial charge in [0.2, 0.25) is 15.9 Å². The Morgan fingerprint density at radius 1 is 1.00 bits per heavy atom. The van der Waals surface area contributed by atoms with Crippen molar-refractivity contribution >= 4 is 27.5 Å². The number of benzene rings is 3. The second kappa shape index (κ2) is 10.7. The van der Waals surface area contributed by atoms with Crippen LogP contribution >= 0.6 is 11.6 Å². The normalized spacial score (nSPS) is 16.2. The third-order valence-corrected chi connectivity index (χ3v) is 8.46. The number of aryl methyl sites for hydroxylation is 1. The fraction of sp³-hybridized carbons (Fsp3) is 0.296. The highest BCUT2D eigenvalue weighted by molar-refractivity contribution is 7.88. The van der Waals surface area contributed by atoms with E-state index in [1.54, 1.807) is 24.3 Å². The van der Waals surface area contributed by atoms with E-state index >= 15 is 0 Å². The summed E-state index contributed by atoms with van der Waals surface area (Å²) in [5, 5.41) is 3.76. The predicted octanol–water partition coefficient (Wildman–Crippen LogP) is 5.10. The summed E-state index contributed by atoms with van der Waals surface area (Å²) in [6.07, 6.45) is 0.992. The van der Waals surface area contributed by atoms with Crippen molar-refractivity contribution in [3.8, 4) is 0 Å². The highest BCUT2D eigenvalue weighted by atomic mass is 35.5. The zero-order valence-electron chi connectivity index (χ0n) is 19.2. The van der Waals surface area contributed by atoms with Gasteiger partial charge < -0.3 is 5.32 Å². The Bertz CT molecular complexity index is 1240. The standard InChI is InChI=1S/C27H29ClN2O3S/c1-20-8-5-6-13-25(20)26(22-10-3-2-4-11-22)29-27(31)23-14-16-30(17-15-23)34(32,33)19-21-9-7-12-24(28)18-21/h2-13,18,23,26H,14-17,19H2,1H3,(H,29,31)/t26-/m1/s1. The van der Waals surface area contributed by atoms with E-state index in [9.17, 15) is 13.2 Å². The van der Waals surface area contributed by atoms with Crippen molar-refractivity contribution < 1.29 is 13.2 Å². The van der Waals surface area contributed by atoms with Crippen LogP contribution in [0.3, 0.4) is 0 Å². The molecule has 1 atom stereocenters. The maximum absolute atomic E-state index is 13.3. The van der Waals surface area contributed by atoms with E-state index in [4.69, 9.17) is 11.6 Å². The summed E-state index contributed by atoms with van der Waals surface area (Å²) in [4.78, 5) is 13.3. The van der Waals surface area contributed by atoms with Crippen LogP contribution in [0, 0.1) is 12.8 Å². The van der Waals surface area contributed by atoms with Crippen LogP contribution in [0.5, 0.6) is 0 Å². The van der Waals surface area contributed by atoms with Crippen molar-refractivity contribution in [2.45, 2.75) is 31.6 Å². The van der Waals surface area contributed by atoms with E-state index in [2.05, 4.69) is 5.32 Å². The van der Waals surface area contributed by atoms with Gasteiger partial charge in [0.1, 0.15) is 0 Å². The number of hydrogen-bond acceptors (Lipinski definition) is 3. The Morgan fingerprint density at radius 2 is 1.68 bits per heavy atom. The minimum absolute atomic E-state index is 0.0380. The number of amides is 1. The van der Waals surface area contributed by atoms with Crippen LogP contribution in [0.4, 0.5) is 0 Å². The molecule has 0 saturated carbocycles. The van der Waals surface area contributed by atoms with Gasteiger partial charge in [-0.05, 0) is 54.2 Å². The van der Waals surface area contributed by atoms with E-state index in [0.717, 1.165) is 16.7 Å². The summed E-state index contributed by atoms with van der Waals surface area (Å²) in [6.45, 7) is 2.71. The molecule has 1 heterocycles. The van der Waals surface area contributed by atoms with Gasteiger partial charge in [0, 0.05) is 24.0 Å². The number of rotatable bonds is 7. The van der Waals surface area contributed by atoms with Crippen molar-refractivity contribution in [3.05, 3.63) is 106 Å². The molecule has 1 amide bonds. The maximum Gasteiger partial charge on any atom is 0.223 e. The highest BCUT2D eigenvalue weighted by Gasteiger charge is 2.32. The Kier molecular flexibility index (Phi) is 7.71. The highest BCUT2D eigenvalue weighted by Crippen LogP contribution is 2.28. The van der Waals surface area contributed by atoms with E-state index < -0.39 is 10.0 Å². The van der Waals surface area contributed by atoms with Crippen LogP contribution in [0.25, 0.3) is 0 Å². The molecule has 3 aromatic carbocycles. The van der Waals surface area contributed by atoms with Gasteiger partial charge in [-0.1, -0.05) is 78.3 Å². The fourth-order valence-electron chi connectivity index (χ4n) is 4.48. The molecule has 0 bridgehead atoms. The van der Waals surface area contributed by atoms with Crippen LogP contribution in [0.15, 0.2) is 78.9 Å². The Morgan fingerprint density at radius 3 is 2.35 bits per heavy atom. The molecule has 0 unspecified atom stereocenters. The maximum atomic E-state index is 13.3. The van der Waals surface area contributed by atoms with Crippen molar-refractivity contribution in [2.24, 2.45) is 5.92 Å². The molecule has 1 saturated heterocycles. The number of carbonyl (C=O) groups excluding carboxylic acids is 1. The number of halogens is 1. The lowest BCUT2D eigenvalue weighted by molar-refractivity contribution is -0.126. The smallest absolute Gasteiger partial charge is 0.223 e. The number of sulfonamides is 1. The average Bonchev–Trinajstić information content (AvgIpc) is 2.83. The molecule has 0 aromatic heterocycles. The molecule has 1 N–H and O–H groups in total. The lowest BCUT2D eigenvalue weighted by Gasteiger charge is -2.32. The molecule has 1 aliphatic rings. The number of piperidine rings is 1. The minimum Gasteiger partial charge on any atom is -0.345 e. The molecular formula is C27H29ClN2O3S. The molecule has 0 aliphatic carbocycles. The van der Waals surface area contributed by atoms with Gasteiger partial charge in [0.05, 0.1) is 11.8 Å². The van der Waals surface area contributed by atoms with Crippen molar-refractivity contribution in [2.75, 3.05) is 13.1 Å². The van der Waals surface area contributed by atoms with E-state index in [1.807, 2.05) is 61.5 Å². The number of carbonyl (C=O) groups is 1.